The lowest BCUT2D eigenvalue weighted by Crippen LogP contribution is -2.49. The van der Waals surface area contributed by atoms with Gasteiger partial charge in [-0.25, -0.2) is 14.5 Å². The largest absolute Gasteiger partial charge is 0.353 e. The Morgan fingerprint density at radius 2 is 1.94 bits per heavy atom. The van der Waals surface area contributed by atoms with Gasteiger partial charge in [0.2, 0.25) is 0 Å². The van der Waals surface area contributed by atoms with E-state index in [1.807, 2.05) is 11.0 Å². The number of nitrogens with one attached hydrogen (secondary N) is 1. The van der Waals surface area contributed by atoms with Gasteiger partial charge in [-0.3, -0.25) is 14.6 Å². The van der Waals surface area contributed by atoms with E-state index in [9.17, 15) is 14.0 Å². The minimum Gasteiger partial charge on any atom is -0.353 e. The number of nitrogens with zero attached hydrogens (tertiary/aromatic N) is 6. The number of fused-ring (bicyclic) bond motifs is 1. The Morgan fingerprint density at radius 1 is 1.11 bits per heavy atom. The van der Waals surface area contributed by atoms with Gasteiger partial charge in [0.15, 0.2) is 0 Å². The van der Waals surface area contributed by atoms with E-state index < -0.39 is 5.82 Å². The first kappa shape index (κ1) is 22.2. The summed E-state index contributed by atoms with van der Waals surface area (Å²) < 4.78 is 14.7. The molecule has 4 heterocycles. The molecule has 1 aliphatic rings. The molecule has 0 aliphatic carbocycles. The van der Waals surface area contributed by atoms with Crippen LogP contribution in [0.15, 0.2) is 59.7 Å². The van der Waals surface area contributed by atoms with E-state index >= 15 is 0 Å². The smallest absolute Gasteiger partial charge is 0.273 e. The maximum absolute atomic E-state index is 14.7. The Kier molecular flexibility index (Phi) is 5.89. The fourth-order valence-electron chi connectivity index (χ4n) is 4.16. The number of benzene rings is 1. The number of rotatable bonds is 4. The number of halogens is 1. The zero-order valence-corrected chi connectivity index (χ0v) is 18.6. The molecule has 1 amide bonds. The second-order valence-electron chi connectivity index (χ2n) is 8.19. The maximum Gasteiger partial charge on any atom is 0.273 e. The number of aromatic nitrogens is 4. The number of piperazine rings is 1. The molecule has 1 N–H and O–H groups in total. The van der Waals surface area contributed by atoms with Gasteiger partial charge < -0.3 is 9.80 Å². The minimum atomic E-state index is -0.590. The third kappa shape index (κ3) is 4.44. The van der Waals surface area contributed by atoms with Crippen molar-refractivity contribution in [3.63, 3.8) is 0 Å². The van der Waals surface area contributed by atoms with Crippen molar-refractivity contribution in [3.8, 4) is 6.07 Å². The highest BCUT2D eigenvalue weighted by Gasteiger charge is 2.25. The van der Waals surface area contributed by atoms with Crippen LogP contribution in [-0.4, -0.2) is 57.2 Å². The van der Waals surface area contributed by atoms with Gasteiger partial charge in [-0.15, -0.1) is 0 Å². The predicted octanol–water partition coefficient (Wildman–Crippen LogP) is 2.28. The number of anilines is 1. The average molecular weight is 469 g/mol. The van der Waals surface area contributed by atoms with Crippen LogP contribution in [0.1, 0.15) is 27.2 Å². The average Bonchev–Trinajstić information content (AvgIpc) is 2.91. The molecule has 0 saturated carbocycles. The molecule has 10 heteroatoms. The molecule has 5 rings (SSSR count). The van der Waals surface area contributed by atoms with Crippen molar-refractivity contribution in [1.29, 1.82) is 5.26 Å². The van der Waals surface area contributed by atoms with E-state index in [2.05, 4.69) is 20.2 Å². The van der Waals surface area contributed by atoms with E-state index in [-0.39, 0.29) is 23.5 Å². The number of carbonyl (C=O) groups is 1. The number of hydrogen-bond donors (Lipinski definition) is 1. The Morgan fingerprint density at radius 3 is 2.69 bits per heavy atom. The van der Waals surface area contributed by atoms with E-state index in [4.69, 9.17) is 5.26 Å². The standard InChI is InChI=1S/C25H20FN7O2/c26-20-5-3-16(13-21-23-18(2-1-7-28-23)24(34)31-30-21)12-19(20)25(35)33-10-8-32(9-11-33)22-6-4-17(14-27)15-29-22/h1-7,12,15H,8-11,13H2,(H,31,34). The topological polar surface area (TPSA) is 119 Å². The number of hydrogen-bond acceptors (Lipinski definition) is 7. The third-order valence-electron chi connectivity index (χ3n) is 6.02. The monoisotopic (exact) mass is 469 g/mol. The number of aromatic amines is 1. The summed E-state index contributed by atoms with van der Waals surface area (Å²) in [5.74, 6) is -0.236. The quantitative estimate of drug-likeness (QED) is 0.487. The second kappa shape index (κ2) is 9.30. The Labute approximate surface area is 199 Å². The SMILES string of the molecule is N#Cc1ccc(N2CCN(C(=O)c3cc(Cc4n[nH]c(=O)c5cccnc45)ccc3F)CC2)nc1. The molecule has 0 bridgehead atoms. The van der Waals surface area contributed by atoms with Crippen LogP contribution in [0.3, 0.4) is 0 Å². The van der Waals surface area contributed by atoms with E-state index in [0.717, 1.165) is 5.82 Å². The number of H-pyrrole nitrogens is 1. The molecule has 3 aromatic heterocycles. The molecule has 1 aromatic carbocycles. The molecule has 35 heavy (non-hydrogen) atoms. The number of pyridine rings is 2. The molecular weight excluding hydrogens is 449 g/mol. The van der Waals surface area contributed by atoms with Gasteiger partial charge in [-0.05, 0) is 42.0 Å². The first-order valence-corrected chi connectivity index (χ1v) is 11.0. The summed E-state index contributed by atoms with van der Waals surface area (Å²) in [4.78, 5) is 37.4. The summed E-state index contributed by atoms with van der Waals surface area (Å²) >= 11 is 0. The number of nitriles is 1. The van der Waals surface area contributed by atoms with Gasteiger partial charge in [-0.1, -0.05) is 6.07 Å². The molecule has 0 atom stereocenters. The number of carbonyl (C=O) groups excluding carboxylic acids is 1. The van der Waals surface area contributed by atoms with E-state index in [0.29, 0.717) is 53.9 Å². The molecular formula is C25H20FN7O2. The molecule has 1 fully saturated rings. The van der Waals surface area contributed by atoms with E-state index in [1.54, 1.807) is 41.4 Å². The summed E-state index contributed by atoms with van der Waals surface area (Å²) in [6, 6.07) is 13.3. The van der Waals surface area contributed by atoms with E-state index in [1.165, 1.54) is 18.3 Å². The normalized spacial score (nSPS) is 13.6. The molecule has 0 spiro atoms. The highest BCUT2D eigenvalue weighted by atomic mass is 19.1. The van der Waals surface area contributed by atoms with Crippen molar-refractivity contribution in [2.75, 3.05) is 31.1 Å². The lowest BCUT2D eigenvalue weighted by Gasteiger charge is -2.35. The van der Waals surface area contributed by atoms with Crippen LogP contribution in [0.2, 0.25) is 0 Å². The van der Waals surface area contributed by atoms with Crippen molar-refractivity contribution in [1.82, 2.24) is 25.1 Å². The zero-order chi connectivity index (χ0) is 24.4. The first-order chi connectivity index (χ1) is 17.0. The molecule has 1 aliphatic heterocycles. The summed E-state index contributed by atoms with van der Waals surface area (Å²) in [6.45, 7) is 1.93. The third-order valence-corrected chi connectivity index (χ3v) is 6.02. The van der Waals surface area contributed by atoms with Crippen molar-refractivity contribution in [3.05, 3.63) is 93.4 Å². The lowest BCUT2D eigenvalue weighted by atomic mass is 10.0. The summed E-state index contributed by atoms with van der Waals surface area (Å²) in [7, 11) is 0. The van der Waals surface area contributed by atoms with Crippen LogP contribution < -0.4 is 10.5 Å². The van der Waals surface area contributed by atoms with Crippen molar-refractivity contribution >= 4 is 22.6 Å². The van der Waals surface area contributed by atoms with Crippen LogP contribution in [-0.2, 0) is 6.42 Å². The second-order valence-corrected chi connectivity index (χ2v) is 8.19. The zero-order valence-electron chi connectivity index (χ0n) is 18.6. The van der Waals surface area contributed by atoms with Crippen molar-refractivity contribution < 1.29 is 9.18 Å². The number of amides is 1. The highest BCUT2D eigenvalue weighted by molar-refractivity contribution is 5.95. The molecule has 1 saturated heterocycles. The van der Waals surface area contributed by atoms with Gasteiger partial charge in [0.05, 0.1) is 27.7 Å². The molecule has 174 valence electrons. The molecule has 0 unspecified atom stereocenters. The van der Waals surface area contributed by atoms with Crippen LogP contribution in [0.5, 0.6) is 0 Å². The Hall–Kier alpha value is -4.65. The Balaban J connectivity index is 1.32. The van der Waals surface area contributed by atoms with Crippen LogP contribution in [0.4, 0.5) is 10.2 Å². The lowest BCUT2D eigenvalue weighted by molar-refractivity contribution is 0.0741. The summed E-state index contributed by atoms with van der Waals surface area (Å²) in [5, 5.41) is 15.9. The van der Waals surface area contributed by atoms with Crippen molar-refractivity contribution in [2.24, 2.45) is 0 Å². The fourth-order valence-corrected chi connectivity index (χ4v) is 4.16. The van der Waals surface area contributed by atoms with Crippen molar-refractivity contribution in [2.45, 2.75) is 6.42 Å². The summed E-state index contributed by atoms with van der Waals surface area (Å²) in [5.41, 5.74) is 1.84. The summed E-state index contributed by atoms with van der Waals surface area (Å²) in [6.07, 6.45) is 3.38. The van der Waals surface area contributed by atoms with Gasteiger partial charge in [-0.2, -0.15) is 10.4 Å². The first-order valence-electron chi connectivity index (χ1n) is 11.0. The highest BCUT2D eigenvalue weighted by Crippen LogP contribution is 2.20. The molecule has 0 radical (unpaired) electrons. The Bertz CT molecular complexity index is 1500. The minimum absolute atomic E-state index is 0.00543. The van der Waals surface area contributed by atoms with Crippen LogP contribution >= 0.6 is 0 Å². The van der Waals surface area contributed by atoms with Gasteiger partial charge >= 0.3 is 0 Å². The molecule has 4 aromatic rings. The maximum atomic E-state index is 14.7. The predicted molar refractivity (Wildman–Crippen MR) is 126 cm³/mol. The van der Waals surface area contributed by atoms with Gasteiger partial charge in [0.1, 0.15) is 17.7 Å². The fraction of sp³-hybridized carbons (Fsp3) is 0.200. The van der Waals surface area contributed by atoms with Crippen LogP contribution in [0.25, 0.3) is 10.9 Å². The molecule has 9 nitrogen and oxygen atoms in total. The van der Waals surface area contributed by atoms with Gasteiger partial charge in [0.25, 0.3) is 11.5 Å². The van der Waals surface area contributed by atoms with Gasteiger partial charge in [0, 0.05) is 45.0 Å². The van der Waals surface area contributed by atoms with Crippen LogP contribution in [0, 0.1) is 17.1 Å².